The summed E-state index contributed by atoms with van der Waals surface area (Å²) in [7, 11) is -3.32. The van der Waals surface area contributed by atoms with Gasteiger partial charge in [-0.3, -0.25) is 13.8 Å². The summed E-state index contributed by atoms with van der Waals surface area (Å²) in [6.45, 7) is 5.06. The van der Waals surface area contributed by atoms with E-state index in [4.69, 9.17) is 23.2 Å². The molecule has 30 heavy (non-hydrogen) atoms. The molecule has 162 valence electrons. The molecule has 1 amide bonds. The zero-order chi connectivity index (χ0) is 21.9. The van der Waals surface area contributed by atoms with E-state index in [1.54, 1.807) is 29.0 Å². The van der Waals surface area contributed by atoms with E-state index in [2.05, 4.69) is 17.3 Å². The van der Waals surface area contributed by atoms with Crippen molar-refractivity contribution in [2.45, 2.75) is 39.7 Å². The van der Waals surface area contributed by atoms with Gasteiger partial charge in [0.1, 0.15) is 5.15 Å². The first kappa shape index (κ1) is 22.7. The molecule has 1 fully saturated rings. The molecule has 0 aliphatic carbocycles. The van der Waals surface area contributed by atoms with Crippen LogP contribution in [0.25, 0.3) is 6.08 Å². The average Bonchev–Trinajstić information content (AvgIpc) is 3.18. The number of nitrogens with one attached hydrogen (secondary N) is 1. The molecule has 1 aromatic heterocycles. The molecule has 0 atom stereocenters. The summed E-state index contributed by atoms with van der Waals surface area (Å²) in [4.78, 5) is 12.4. The van der Waals surface area contributed by atoms with E-state index in [-0.39, 0.29) is 5.75 Å². The number of sulfonamides is 1. The molecule has 7 nitrogen and oxygen atoms in total. The summed E-state index contributed by atoms with van der Waals surface area (Å²) in [5.41, 5.74) is 2.24. The summed E-state index contributed by atoms with van der Waals surface area (Å²) in [5.74, 6) is -0.290. The summed E-state index contributed by atoms with van der Waals surface area (Å²) in [5, 5.41) is 7.92. The van der Waals surface area contributed by atoms with Crippen molar-refractivity contribution in [2.75, 3.05) is 21.9 Å². The van der Waals surface area contributed by atoms with Crippen LogP contribution in [-0.2, 0) is 21.4 Å². The second-order valence-electron chi connectivity index (χ2n) is 7.10. The fraction of sp³-hybridized carbons (Fsp3) is 0.400. The number of anilines is 2. The molecular weight excluding hydrogens is 447 g/mol. The Morgan fingerprint density at radius 2 is 2.10 bits per heavy atom. The molecule has 0 bridgehead atoms. The fourth-order valence-electron chi connectivity index (χ4n) is 3.24. The standard InChI is InChI=1S/C20H24Cl2N4O3S/c1-3-4-10-25-20(22)16(14(2)24-25)7-9-19(27)23-18-13-15(6-8-17(18)21)26-11-5-12-30(26,28)29/h6-9,13H,3-5,10-12H2,1-2H3,(H,23,27)/b9-7+. The molecular formula is C20H24Cl2N4O3S. The highest BCUT2D eigenvalue weighted by Gasteiger charge is 2.28. The van der Waals surface area contributed by atoms with Gasteiger partial charge in [-0.1, -0.05) is 36.5 Å². The monoisotopic (exact) mass is 470 g/mol. The Kier molecular flexibility index (Phi) is 7.10. The van der Waals surface area contributed by atoms with Crippen LogP contribution in [0.3, 0.4) is 0 Å². The van der Waals surface area contributed by atoms with E-state index in [1.807, 2.05) is 6.92 Å². The Hall–Kier alpha value is -2.03. The van der Waals surface area contributed by atoms with E-state index in [1.165, 1.54) is 10.4 Å². The molecule has 3 rings (SSSR count). The molecule has 1 aliphatic rings. The van der Waals surface area contributed by atoms with Crippen molar-refractivity contribution >= 4 is 56.6 Å². The summed E-state index contributed by atoms with van der Waals surface area (Å²) < 4.78 is 27.4. The minimum Gasteiger partial charge on any atom is -0.321 e. The van der Waals surface area contributed by atoms with Crippen molar-refractivity contribution in [2.24, 2.45) is 0 Å². The van der Waals surface area contributed by atoms with Gasteiger partial charge in [-0.15, -0.1) is 0 Å². The molecule has 0 saturated carbocycles. The molecule has 1 saturated heterocycles. The molecule has 1 aliphatic heterocycles. The van der Waals surface area contributed by atoms with Crippen molar-refractivity contribution in [1.29, 1.82) is 0 Å². The van der Waals surface area contributed by atoms with Gasteiger partial charge in [0.2, 0.25) is 15.9 Å². The van der Waals surface area contributed by atoms with Gasteiger partial charge in [0.15, 0.2) is 0 Å². The number of carbonyl (C=O) groups excluding carboxylic acids is 1. The lowest BCUT2D eigenvalue weighted by Crippen LogP contribution is -2.25. The largest absolute Gasteiger partial charge is 0.321 e. The van der Waals surface area contributed by atoms with Crippen molar-refractivity contribution < 1.29 is 13.2 Å². The average molecular weight is 471 g/mol. The third kappa shape index (κ3) is 4.99. The third-order valence-electron chi connectivity index (χ3n) is 4.83. The Labute approximate surface area is 186 Å². The van der Waals surface area contributed by atoms with Crippen LogP contribution < -0.4 is 9.62 Å². The van der Waals surface area contributed by atoms with Crippen LogP contribution in [0.15, 0.2) is 24.3 Å². The quantitative estimate of drug-likeness (QED) is 0.603. The van der Waals surface area contributed by atoms with E-state index >= 15 is 0 Å². The Bertz CT molecular complexity index is 1080. The smallest absolute Gasteiger partial charge is 0.248 e. The van der Waals surface area contributed by atoms with Gasteiger partial charge in [-0.2, -0.15) is 5.10 Å². The van der Waals surface area contributed by atoms with Gasteiger partial charge in [0.05, 0.1) is 27.8 Å². The van der Waals surface area contributed by atoms with Crippen LogP contribution in [0.1, 0.15) is 37.4 Å². The molecule has 2 heterocycles. The fourth-order valence-corrected chi connectivity index (χ4v) is 5.28. The highest BCUT2D eigenvalue weighted by Crippen LogP contribution is 2.31. The predicted octanol–water partition coefficient (Wildman–Crippen LogP) is 4.49. The van der Waals surface area contributed by atoms with Gasteiger partial charge in [0, 0.05) is 24.7 Å². The number of nitrogens with zero attached hydrogens (tertiary/aromatic N) is 3. The number of aromatic nitrogens is 2. The van der Waals surface area contributed by atoms with Crippen LogP contribution in [0, 0.1) is 6.92 Å². The number of unbranched alkanes of at least 4 members (excludes halogenated alkanes) is 1. The summed E-state index contributed by atoms with van der Waals surface area (Å²) >= 11 is 12.6. The van der Waals surface area contributed by atoms with Gasteiger partial charge in [0.25, 0.3) is 0 Å². The SMILES string of the molecule is CCCCn1nc(C)c(/C=C/C(=O)Nc2cc(N3CCCS3(=O)=O)ccc2Cl)c1Cl. The summed E-state index contributed by atoms with van der Waals surface area (Å²) in [6.07, 6.45) is 5.54. The number of rotatable bonds is 7. The van der Waals surface area contributed by atoms with Crippen LogP contribution in [0.4, 0.5) is 11.4 Å². The highest BCUT2D eigenvalue weighted by atomic mass is 35.5. The van der Waals surface area contributed by atoms with Crippen LogP contribution in [0.5, 0.6) is 0 Å². The molecule has 0 radical (unpaired) electrons. The Morgan fingerprint density at radius 3 is 2.77 bits per heavy atom. The van der Waals surface area contributed by atoms with Crippen molar-refractivity contribution in [1.82, 2.24) is 9.78 Å². The number of hydrogen-bond donors (Lipinski definition) is 1. The van der Waals surface area contributed by atoms with E-state index in [9.17, 15) is 13.2 Å². The number of hydrogen-bond acceptors (Lipinski definition) is 4. The Morgan fingerprint density at radius 1 is 1.33 bits per heavy atom. The normalized spacial score (nSPS) is 15.8. The second-order valence-corrected chi connectivity index (χ2v) is 9.87. The number of halogens is 2. The maximum absolute atomic E-state index is 12.4. The lowest BCUT2D eigenvalue weighted by molar-refractivity contribution is -0.111. The lowest BCUT2D eigenvalue weighted by atomic mass is 10.2. The molecule has 0 spiro atoms. The van der Waals surface area contributed by atoms with Gasteiger partial charge in [-0.05, 0) is 44.0 Å². The molecule has 1 aromatic carbocycles. The maximum Gasteiger partial charge on any atom is 0.248 e. The van der Waals surface area contributed by atoms with Crippen molar-refractivity contribution in [3.8, 4) is 0 Å². The van der Waals surface area contributed by atoms with E-state index in [0.29, 0.717) is 40.1 Å². The van der Waals surface area contributed by atoms with Crippen molar-refractivity contribution in [3.63, 3.8) is 0 Å². The molecule has 0 unspecified atom stereocenters. The van der Waals surface area contributed by atoms with Crippen LogP contribution in [0.2, 0.25) is 10.2 Å². The second kappa shape index (κ2) is 9.41. The minimum atomic E-state index is -3.32. The number of carbonyl (C=O) groups is 1. The van der Waals surface area contributed by atoms with Crippen LogP contribution >= 0.6 is 23.2 Å². The van der Waals surface area contributed by atoms with E-state index < -0.39 is 15.9 Å². The highest BCUT2D eigenvalue weighted by molar-refractivity contribution is 7.93. The predicted molar refractivity (Wildman–Crippen MR) is 122 cm³/mol. The zero-order valence-corrected chi connectivity index (χ0v) is 19.2. The third-order valence-corrected chi connectivity index (χ3v) is 7.43. The Balaban J connectivity index is 1.75. The minimum absolute atomic E-state index is 0.117. The molecule has 1 N–H and O–H groups in total. The van der Waals surface area contributed by atoms with E-state index in [0.717, 1.165) is 25.1 Å². The molecule has 10 heteroatoms. The first-order valence-electron chi connectivity index (χ1n) is 9.75. The van der Waals surface area contributed by atoms with Crippen LogP contribution in [-0.4, -0.2) is 36.4 Å². The topological polar surface area (TPSA) is 84.3 Å². The lowest BCUT2D eigenvalue weighted by Gasteiger charge is -2.18. The van der Waals surface area contributed by atoms with Gasteiger partial charge < -0.3 is 5.32 Å². The number of aryl methyl sites for hydroxylation is 2. The maximum atomic E-state index is 12.4. The summed E-state index contributed by atoms with van der Waals surface area (Å²) in [6, 6.07) is 4.77. The molecule has 2 aromatic rings. The first-order chi connectivity index (χ1) is 14.2. The van der Waals surface area contributed by atoms with Gasteiger partial charge >= 0.3 is 0 Å². The van der Waals surface area contributed by atoms with Gasteiger partial charge in [-0.25, -0.2) is 8.42 Å². The first-order valence-corrected chi connectivity index (χ1v) is 12.1. The zero-order valence-electron chi connectivity index (χ0n) is 16.9. The number of amides is 1. The van der Waals surface area contributed by atoms with Crippen molar-refractivity contribution in [3.05, 3.63) is 45.7 Å². The number of benzene rings is 1.